The van der Waals surface area contributed by atoms with Crippen molar-refractivity contribution in [2.75, 3.05) is 98.9 Å². The molecule has 3 aromatic rings. The number of benzene rings is 3. The van der Waals surface area contributed by atoms with Gasteiger partial charge in [-0.15, -0.1) is 0 Å². The second-order valence-corrected chi connectivity index (χ2v) is 9.89. The molecule has 3 heterocycles. The summed E-state index contributed by atoms with van der Waals surface area (Å²) in [7, 11) is 0. The Balaban J connectivity index is 1.19. The highest BCUT2D eigenvalue weighted by atomic mass is 16.5. The first-order chi connectivity index (χ1) is 19.3. The van der Waals surface area contributed by atoms with E-state index in [4.69, 9.17) is 14.2 Å². The van der Waals surface area contributed by atoms with Crippen molar-refractivity contribution in [3.05, 3.63) is 66.7 Å². The number of hydrogen-bond donors (Lipinski definition) is 1. The number of nitrogens with one attached hydrogen (secondary N) is 1. The van der Waals surface area contributed by atoms with Crippen molar-refractivity contribution in [1.82, 2.24) is 0 Å². The molecule has 9 heteroatoms. The van der Waals surface area contributed by atoms with Crippen LogP contribution in [-0.4, -0.2) is 78.9 Å². The lowest BCUT2D eigenvalue weighted by atomic mass is 10.2. The normalized spacial score (nSPS) is 18.5. The molecule has 0 atom stereocenters. The third-order valence-electron chi connectivity index (χ3n) is 7.36. The van der Waals surface area contributed by atoms with Gasteiger partial charge in [0, 0.05) is 56.3 Å². The lowest BCUT2D eigenvalue weighted by Crippen LogP contribution is -2.36. The summed E-state index contributed by atoms with van der Waals surface area (Å²) in [5.74, 6) is 0. The largest absolute Gasteiger partial charge is 0.378 e. The quantitative estimate of drug-likeness (QED) is 0.414. The van der Waals surface area contributed by atoms with Gasteiger partial charge in [0.15, 0.2) is 0 Å². The Kier molecular flexibility index (Phi) is 8.18. The SMILES string of the molecule is c1cc(N2CCOCC2)ccc1N=Nc1ccc(N2CCOCC2)c(Nc2ccc(N3CCOCC3)cc2)c1. The maximum Gasteiger partial charge on any atom is 0.0879 e. The number of nitrogens with zero attached hydrogens (tertiary/aromatic N) is 5. The minimum absolute atomic E-state index is 0.732. The number of rotatable bonds is 7. The molecule has 0 unspecified atom stereocenters. The van der Waals surface area contributed by atoms with Crippen LogP contribution in [-0.2, 0) is 14.2 Å². The first-order valence-corrected chi connectivity index (χ1v) is 13.8. The summed E-state index contributed by atoms with van der Waals surface area (Å²) in [4.78, 5) is 7.06. The molecule has 0 aliphatic carbocycles. The number of anilines is 5. The van der Waals surface area contributed by atoms with Gasteiger partial charge in [-0.3, -0.25) is 0 Å². The Morgan fingerprint density at radius 2 is 0.974 bits per heavy atom. The highest BCUT2D eigenvalue weighted by Crippen LogP contribution is 2.34. The van der Waals surface area contributed by atoms with Gasteiger partial charge in [0.25, 0.3) is 0 Å². The molecule has 1 N–H and O–H groups in total. The molecule has 3 aliphatic rings. The van der Waals surface area contributed by atoms with Crippen molar-refractivity contribution in [2.24, 2.45) is 10.2 Å². The van der Waals surface area contributed by atoms with E-state index in [1.165, 1.54) is 11.4 Å². The fraction of sp³-hybridized carbons (Fsp3) is 0.400. The summed E-state index contributed by atoms with van der Waals surface area (Å²) in [6.45, 7) is 9.99. The molecule has 6 rings (SSSR count). The second kappa shape index (κ2) is 12.5. The van der Waals surface area contributed by atoms with E-state index in [1.807, 2.05) is 18.2 Å². The van der Waals surface area contributed by atoms with Gasteiger partial charge in [0.2, 0.25) is 0 Å². The Morgan fingerprint density at radius 3 is 1.54 bits per heavy atom. The molecule has 0 amide bonds. The smallest absolute Gasteiger partial charge is 0.0879 e. The molecule has 3 saturated heterocycles. The Morgan fingerprint density at radius 1 is 0.513 bits per heavy atom. The van der Waals surface area contributed by atoms with Crippen molar-refractivity contribution in [3.63, 3.8) is 0 Å². The molecule has 0 spiro atoms. The zero-order valence-corrected chi connectivity index (χ0v) is 22.3. The fourth-order valence-electron chi connectivity index (χ4n) is 5.17. The highest BCUT2D eigenvalue weighted by molar-refractivity contribution is 5.79. The average Bonchev–Trinajstić information content (AvgIpc) is 3.02. The molecule has 3 aromatic carbocycles. The fourth-order valence-corrected chi connectivity index (χ4v) is 5.17. The van der Waals surface area contributed by atoms with Gasteiger partial charge < -0.3 is 34.2 Å². The third-order valence-corrected chi connectivity index (χ3v) is 7.36. The summed E-state index contributed by atoms with van der Waals surface area (Å²) >= 11 is 0. The van der Waals surface area contributed by atoms with Gasteiger partial charge in [-0.05, 0) is 66.7 Å². The van der Waals surface area contributed by atoms with Crippen molar-refractivity contribution in [2.45, 2.75) is 0 Å². The first-order valence-electron chi connectivity index (χ1n) is 13.8. The summed E-state index contributed by atoms with van der Waals surface area (Å²) in [5, 5.41) is 12.7. The van der Waals surface area contributed by atoms with Crippen molar-refractivity contribution >= 4 is 39.8 Å². The van der Waals surface area contributed by atoms with E-state index in [1.54, 1.807) is 0 Å². The molecule has 204 valence electrons. The zero-order valence-electron chi connectivity index (χ0n) is 22.3. The van der Waals surface area contributed by atoms with E-state index < -0.39 is 0 Å². The van der Waals surface area contributed by atoms with Crippen LogP contribution < -0.4 is 20.0 Å². The summed E-state index contributed by atoms with van der Waals surface area (Å²) in [6.07, 6.45) is 0. The van der Waals surface area contributed by atoms with E-state index in [9.17, 15) is 0 Å². The summed E-state index contributed by atoms with van der Waals surface area (Å²) in [5.41, 5.74) is 7.24. The van der Waals surface area contributed by atoms with Crippen LogP contribution in [0.3, 0.4) is 0 Å². The summed E-state index contributed by atoms with van der Waals surface area (Å²) < 4.78 is 16.5. The number of azo groups is 1. The van der Waals surface area contributed by atoms with Crippen LogP contribution in [0.2, 0.25) is 0 Å². The molecular weight excluding hydrogens is 492 g/mol. The van der Waals surface area contributed by atoms with Gasteiger partial charge in [0.05, 0.1) is 62.4 Å². The number of ether oxygens (including phenoxy) is 3. The molecular formula is C30H36N6O3. The van der Waals surface area contributed by atoms with Gasteiger partial charge in [0.1, 0.15) is 0 Å². The molecule has 0 bridgehead atoms. The molecule has 0 aromatic heterocycles. The Bertz CT molecular complexity index is 1230. The Hall–Kier alpha value is -3.66. The maximum absolute atomic E-state index is 5.59. The van der Waals surface area contributed by atoms with E-state index in [2.05, 4.69) is 78.8 Å². The lowest BCUT2D eigenvalue weighted by molar-refractivity contribution is 0.122. The minimum Gasteiger partial charge on any atom is -0.378 e. The van der Waals surface area contributed by atoms with Crippen LogP contribution >= 0.6 is 0 Å². The molecule has 3 aliphatic heterocycles. The van der Waals surface area contributed by atoms with Crippen LogP contribution in [0.15, 0.2) is 77.0 Å². The second-order valence-electron chi connectivity index (χ2n) is 9.89. The molecule has 3 fully saturated rings. The average molecular weight is 529 g/mol. The monoisotopic (exact) mass is 528 g/mol. The maximum atomic E-state index is 5.59. The van der Waals surface area contributed by atoms with Crippen LogP contribution in [0.1, 0.15) is 0 Å². The third kappa shape index (κ3) is 6.50. The molecule has 9 nitrogen and oxygen atoms in total. The van der Waals surface area contributed by atoms with Crippen molar-refractivity contribution in [3.8, 4) is 0 Å². The van der Waals surface area contributed by atoms with E-state index in [0.717, 1.165) is 107 Å². The van der Waals surface area contributed by atoms with Crippen molar-refractivity contribution in [1.29, 1.82) is 0 Å². The number of morpholine rings is 3. The van der Waals surface area contributed by atoms with Gasteiger partial charge in [-0.2, -0.15) is 10.2 Å². The summed E-state index contributed by atoms with van der Waals surface area (Å²) in [6, 6.07) is 23.1. The zero-order chi connectivity index (χ0) is 26.3. The molecule has 39 heavy (non-hydrogen) atoms. The standard InChI is InChI=1S/C30H36N6O3/c1-6-27(34-11-17-37-18-12-34)7-2-24(1)31-29-23-26(5-10-30(29)36-15-21-39-22-16-36)33-32-25-3-8-28(9-4-25)35-13-19-38-20-14-35/h1-10,23,31H,11-22H2. The molecule has 0 radical (unpaired) electrons. The van der Waals surface area contributed by atoms with E-state index in [-0.39, 0.29) is 0 Å². The Labute approximate surface area is 230 Å². The highest BCUT2D eigenvalue weighted by Gasteiger charge is 2.17. The van der Waals surface area contributed by atoms with Gasteiger partial charge in [-0.1, -0.05) is 0 Å². The van der Waals surface area contributed by atoms with E-state index >= 15 is 0 Å². The van der Waals surface area contributed by atoms with Crippen LogP contribution in [0, 0.1) is 0 Å². The predicted octanol–water partition coefficient (Wildman–Crippen LogP) is 5.36. The predicted molar refractivity (Wildman–Crippen MR) is 156 cm³/mol. The van der Waals surface area contributed by atoms with Gasteiger partial charge in [-0.25, -0.2) is 0 Å². The van der Waals surface area contributed by atoms with Crippen LogP contribution in [0.5, 0.6) is 0 Å². The van der Waals surface area contributed by atoms with Crippen LogP contribution in [0.4, 0.5) is 39.8 Å². The lowest BCUT2D eigenvalue weighted by Gasteiger charge is -2.31. The van der Waals surface area contributed by atoms with Crippen molar-refractivity contribution < 1.29 is 14.2 Å². The molecule has 0 saturated carbocycles. The topological polar surface area (TPSA) is 74.2 Å². The minimum atomic E-state index is 0.732. The van der Waals surface area contributed by atoms with Crippen LogP contribution in [0.25, 0.3) is 0 Å². The first kappa shape index (κ1) is 25.6. The number of hydrogen-bond acceptors (Lipinski definition) is 9. The van der Waals surface area contributed by atoms with Gasteiger partial charge >= 0.3 is 0 Å². The van der Waals surface area contributed by atoms with E-state index in [0.29, 0.717) is 0 Å².